The van der Waals surface area contributed by atoms with E-state index >= 15 is 0 Å². The van der Waals surface area contributed by atoms with E-state index in [9.17, 15) is 8.42 Å². The standard InChI is InChI=1S/C8H15N5O2S/c1-11(2)16(14,15)13-4-7(5-13)8-10-9-6-12(8)3/h6-7H,4-5H2,1-3H3. The Bertz CT molecular complexity index is 474. The highest BCUT2D eigenvalue weighted by molar-refractivity contribution is 7.86. The average molecular weight is 245 g/mol. The molecule has 8 heteroatoms. The van der Waals surface area contributed by atoms with Crippen LogP contribution in [0.3, 0.4) is 0 Å². The molecule has 1 aromatic heterocycles. The first-order chi connectivity index (χ1) is 7.43. The van der Waals surface area contributed by atoms with Crippen LogP contribution in [0.1, 0.15) is 11.7 Å². The van der Waals surface area contributed by atoms with Crippen molar-refractivity contribution in [3.63, 3.8) is 0 Å². The van der Waals surface area contributed by atoms with Gasteiger partial charge in [-0.25, -0.2) is 0 Å². The molecule has 1 fully saturated rings. The lowest BCUT2D eigenvalue weighted by Gasteiger charge is -2.38. The minimum Gasteiger partial charge on any atom is -0.320 e. The van der Waals surface area contributed by atoms with Crippen LogP contribution in [0.2, 0.25) is 0 Å². The molecule has 0 aliphatic carbocycles. The van der Waals surface area contributed by atoms with E-state index in [0.717, 1.165) is 5.82 Å². The van der Waals surface area contributed by atoms with Gasteiger partial charge < -0.3 is 4.57 Å². The lowest BCUT2D eigenvalue weighted by Crippen LogP contribution is -2.52. The Labute approximate surface area is 94.9 Å². The van der Waals surface area contributed by atoms with E-state index in [1.807, 2.05) is 11.6 Å². The summed E-state index contributed by atoms with van der Waals surface area (Å²) in [7, 11) is 1.66. The molecule has 1 aromatic rings. The van der Waals surface area contributed by atoms with Crippen molar-refractivity contribution in [2.75, 3.05) is 27.2 Å². The van der Waals surface area contributed by atoms with E-state index in [0.29, 0.717) is 13.1 Å². The van der Waals surface area contributed by atoms with Crippen molar-refractivity contribution in [2.45, 2.75) is 5.92 Å². The molecule has 1 aliphatic heterocycles. The van der Waals surface area contributed by atoms with Crippen LogP contribution in [0.5, 0.6) is 0 Å². The van der Waals surface area contributed by atoms with Gasteiger partial charge in [0.15, 0.2) is 0 Å². The van der Waals surface area contributed by atoms with Crippen LogP contribution in [0.4, 0.5) is 0 Å². The molecule has 0 N–H and O–H groups in total. The number of hydrogen-bond donors (Lipinski definition) is 0. The predicted octanol–water partition coefficient (Wildman–Crippen LogP) is -0.979. The summed E-state index contributed by atoms with van der Waals surface area (Å²) in [5, 5.41) is 7.76. The van der Waals surface area contributed by atoms with E-state index < -0.39 is 10.2 Å². The second-order valence-corrected chi connectivity index (χ2v) is 6.25. The molecule has 0 spiro atoms. The van der Waals surface area contributed by atoms with Gasteiger partial charge in [0.1, 0.15) is 12.2 Å². The molecule has 90 valence electrons. The molecule has 1 aliphatic rings. The lowest BCUT2D eigenvalue weighted by atomic mass is 10.0. The summed E-state index contributed by atoms with van der Waals surface area (Å²) in [6.45, 7) is 0.958. The van der Waals surface area contributed by atoms with Crippen LogP contribution in [-0.2, 0) is 17.3 Å². The molecule has 2 heterocycles. The highest BCUT2D eigenvalue weighted by atomic mass is 32.2. The summed E-state index contributed by atoms with van der Waals surface area (Å²) in [4.78, 5) is 0. The molecular weight excluding hydrogens is 230 g/mol. The zero-order valence-electron chi connectivity index (χ0n) is 9.53. The molecule has 1 saturated heterocycles. The van der Waals surface area contributed by atoms with Crippen LogP contribution < -0.4 is 0 Å². The van der Waals surface area contributed by atoms with Crippen molar-refractivity contribution in [1.29, 1.82) is 0 Å². The van der Waals surface area contributed by atoms with Gasteiger partial charge in [-0.1, -0.05) is 0 Å². The molecule has 7 nitrogen and oxygen atoms in total. The topological polar surface area (TPSA) is 71.3 Å². The lowest BCUT2D eigenvalue weighted by molar-refractivity contribution is 0.239. The van der Waals surface area contributed by atoms with Gasteiger partial charge in [-0.15, -0.1) is 10.2 Å². The normalized spacial score (nSPS) is 19.0. The van der Waals surface area contributed by atoms with Crippen molar-refractivity contribution < 1.29 is 8.42 Å². The van der Waals surface area contributed by atoms with Crippen LogP contribution in [0, 0.1) is 0 Å². The minimum atomic E-state index is -3.27. The van der Waals surface area contributed by atoms with Gasteiger partial charge in [-0.3, -0.25) is 0 Å². The largest absolute Gasteiger partial charge is 0.320 e. The summed E-state index contributed by atoms with van der Waals surface area (Å²) in [5.41, 5.74) is 0. The second kappa shape index (κ2) is 3.79. The molecule has 0 unspecified atom stereocenters. The summed E-state index contributed by atoms with van der Waals surface area (Å²) >= 11 is 0. The second-order valence-electron chi connectivity index (χ2n) is 4.10. The van der Waals surface area contributed by atoms with Crippen LogP contribution >= 0.6 is 0 Å². The highest BCUT2D eigenvalue weighted by Gasteiger charge is 2.39. The monoisotopic (exact) mass is 245 g/mol. The highest BCUT2D eigenvalue weighted by Crippen LogP contribution is 2.27. The Morgan fingerprint density at radius 1 is 1.44 bits per heavy atom. The maximum atomic E-state index is 11.7. The van der Waals surface area contributed by atoms with Crippen molar-refractivity contribution in [3.05, 3.63) is 12.2 Å². The maximum absolute atomic E-state index is 11.7. The predicted molar refractivity (Wildman–Crippen MR) is 57.9 cm³/mol. The van der Waals surface area contributed by atoms with Gasteiger partial charge >= 0.3 is 0 Å². The first-order valence-corrected chi connectivity index (χ1v) is 6.34. The fraction of sp³-hybridized carbons (Fsp3) is 0.750. The third kappa shape index (κ3) is 1.72. The molecule has 0 radical (unpaired) electrons. The van der Waals surface area contributed by atoms with E-state index in [2.05, 4.69) is 10.2 Å². The minimum absolute atomic E-state index is 0.155. The zero-order chi connectivity index (χ0) is 11.9. The smallest absolute Gasteiger partial charge is 0.281 e. The van der Waals surface area contributed by atoms with Gasteiger partial charge in [0.2, 0.25) is 0 Å². The Balaban J connectivity index is 2.04. The van der Waals surface area contributed by atoms with Crippen molar-refractivity contribution in [3.8, 4) is 0 Å². The van der Waals surface area contributed by atoms with Crippen molar-refractivity contribution in [2.24, 2.45) is 7.05 Å². The van der Waals surface area contributed by atoms with Crippen molar-refractivity contribution >= 4 is 10.2 Å². The number of aryl methyl sites for hydroxylation is 1. The Morgan fingerprint density at radius 2 is 2.06 bits per heavy atom. The quantitative estimate of drug-likeness (QED) is 0.686. The zero-order valence-corrected chi connectivity index (χ0v) is 10.3. The van der Waals surface area contributed by atoms with Gasteiger partial charge in [0.05, 0.1) is 0 Å². The third-order valence-corrected chi connectivity index (χ3v) is 4.62. The van der Waals surface area contributed by atoms with E-state index in [1.165, 1.54) is 22.7 Å². The molecule has 16 heavy (non-hydrogen) atoms. The number of aromatic nitrogens is 3. The van der Waals surface area contributed by atoms with Gasteiger partial charge in [-0.05, 0) is 0 Å². The average Bonchev–Trinajstić information content (AvgIpc) is 2.49. The Kier molecular flexibility index (Phi) is 2.72. The summed E-state index contributed by atoms with van der Waals surface area (Å²) < 4.78 is 27.9. The first-order valence-electron chi connectivity index (χ1n) is 4.94. The molecule has 0 bridgehead atoms. The van der Waals surface area contributed by atoms with Crippen LogP contribution in [0.25, 0.3) is 0 Å². The molecular formula is C8H15N5O2S. The summed E-state index contributed by atoms with van der Waals surface area (Å²) in [6.07, 6.45) is 1.62. The fourth-order valence-electron chi connectivity index (χ4n) is 1.68. The Morgan fingerprint density at radius 3 is 2.50 bits per heavy atom. The first kappa shape index (κ1) is 11.5. The molecule has 0 atom stereocenters. The molecule has 0 aromatic carbocycles. The van der Waals surface area contributed by atoms with Crippen LogP contribution in [-0.4, -0.2) is 59.0 Å². The Hall–Kier alpha value is -0.990. The van der Waals surface area contributed by atoms with Gasteiger partial charge in [0, 0.05) is 40.2 Å². The third-order valence-electron chi connectivity index (χ3n) is 2.75. The fourth-order valence-corrected chi connectivity index (χ4v) is 2.88. The van der Waals surface area contributed by atoms with Crippen molar-refractivity contribution in [1.82, 2.24) is 23.4 Å². The summed E-state index contributed by atoms with van der Waals surface area (Å²) in [5.74, 6) is 0.993. The molecule has 0 amide bonds. The molecule has 2 rings (SSSR count). The molecule has 0 saturated carbocycles. The van der Waals surface area contributed by atoms with E-state index in [-0.39, 0.29) is 5.92 Å². The summed E-state index contributed by atoms with van der Waals surface area (Å²) in [6, 6.07) is 0. The number of rotatable bonds is 3. The van der Waals surface area contributed by atoms with Gasteiger partial charge in [0.25, 0.3) is 10.2 Å². The van der Waals surface area contributed by atoms with Gasteiger partial charge in [-0.2, -0.15) is 17.0 Å². The maximum Gasteiger partial charge on any atom is 0.281 e. The van der Waals surface area contributed by atoms with E-state index in [1.54, 1.807) is 6.33 Å². The van der Waals surface area contributed by atoms with Crippen LogP contribution in [0.15, 0.2) is 6.33 Å². The van der Waals surface area contributed by atoms with E-state index in [4.69, 9.17) is 0 Å². The number of nitrogens with zero attached hydrogens (tertiary/aromatic N) is 5. The SMILES string of the molecule is CN(C)S(=O)(=O)N1CC(c2nncn2C)C1. The number of hydrogen-bond acceptors (Lipinski definition) is 4.